The van der Waals surface area contributed by atoms with Crippen molar-refractivity contribution in [3.63, 3.8) is 0 Å². The van der Waals surface area contributed by atoms with Gasteiger partial charge in [-0.1, -0.05) is 63.2 Å². The molecule has 2 aromatic carbocycles. The van der Waals surface area contributed by atoms with Crippen molar-refractivity contribution in [2.75, 3.05) is 32.8 Å². The van der Waals surface area contributed by atoms with Crippen LogP contribution in [0.3, 0.4) is 0 Å². The standard InChI is InChI=1S/C23H31NO3.C2H2O4/c1-4-17-26-21-14-12-20(13-15-21)22(19-10-8-7-9-11-19)23(25)27-18-16-24(5-2)6-3;3-1(4)2(5)6/h7-15,22H,4-6,16-18H2,1-3H3;(H,3,4)(H,5,6)/p-2. The third kappa shape index (κ3) is 10.2. The second-order valence-corrected chi connectivity index (χ2v) is 7.03. The van der Waals surface area contributed by atoms with Crippen molar-refractivity contribution < 1.29 is 34.1 Å². The van der Waals surface area contributed by atoms with Gasteiger partial charge in [0.05, 0.1) is 18.5 Å². The van der Waals surface area contributed by atoms with Crippen LogP contribution in [0.2, 0.25) is 0 Å². The highest BCUT2D eigenvalue weighted by atomic mass is 16.5. The number of aliphatic carboxylic acids is 2. The molecule has 1 unspecified atom stereocenters. The van der Waals surface area contributed by atoms with Crippen LogP contribution in [-0.2, 0) is 19.1 Å². The summed E-state index contributed by atoms with van der Waals surface area (Å²) in [6.07, 6.45) is 0.966. The van der Waals surface area contributed by atoms with Gasteiger partial charge >= 0.3 is 5.97 Å². The molecule has 0 N–H and O–H groups in total. The fourth-order valence-corrected chi connectivity index (χ4v) is 2.99. The lowest BCUT2D eigenvalue weighted by atomic mass is 9.91. The first-order chi connectivity index (χ1) is 15.8. The molecule has 0 aliphatic rings. The van der Waals surface area contributed by atoms with Crippen LogP contribution in [-0.4, -0.2) is 55.7 Å². The molecule has 0 aromatic heterocycles. The minimum Gasteiger partial charge on any atom is -0.543 e. The van der Waals surface area contributed by atoms with Crippen molar-refractivity contribution in [1.29, 1.82) is 0 Å². The maximum Gasteiger partial charge on any atom is 0.317 e. The maximum absolute atomic E-state index is 12.9. The predicted octanol–water partition coefficient (Wildman–Crippen LogP) is 0.979. The van der Waals surface area contributed by atoms with E-state index in [4.69, 9.17) is 29.3 Å². The molecule has 2 rings (SSSR count). The average Bonchev–Trinajstić information content (AvgIpc) is 2.82. The molecule has 0 saturated heterocycles. The van der Waals surface area contributed by atoms with Gasteiger partial charge in [0, 0.05) is 6.54 Å². The molecule has 0 radical (unpaired) electrons. The molecular formula is C25H31NO7-2. The van der Waals surface area contributed by atoms with Crippen molar-refractivity contribution >= 4 is 17.9 Å². The van der Waals surface area contributed by atoms with Gasteiger partial charge in [-0.25, -0.2) is 0 Å². The number of carbonyl (C=O) groups excluding carboxylic acids is 3. The fourth-order valence-electron chi connectivity index (χ4n) is 2.99. The summed E-state index contributed by atoms with van der Waals surface area (Å²) in [7, 11) is 0. The zero-order valence-corrected chi connectivity index (χ0v) is 19.3. The number of hydrogen-bond acceptors (Lipinski definition) is 8. The van der Waals surface area contributed by atoms with Crippen molar-refractivity contribution in [2.24, 2.45) is 0 Å². The van der Waals surface area contributed by atoms with E-state index in [1.165, 1.54) is 0 Å². The van der Waals surface area contributed by atoms with Gasteiger partial charge in [0.2, 0.25) is 0 Å². The number of likely N-dealkylation sites (N-methyl/N-ethyl adjacent to an activating group) is 1. The summed E-state index contributed by atoms with van der Waals surface area (Å²) in [5, 5.41) is 17.9. The summed E-state index contributed by atoms with van der Waals surface area (Å²) < 4.78 is 11.3. The van der Waals surface area contributed by atoms with Crippen LogP contribution in [0.15, 0.2) is 54.6 Å². The van der Waals surface area contributed by atoms with Gasteiger partial charge < -0.3 is 34.2 Å². The zero-order chi connectivity index (χ0) is 24.6. The summed E-state index contributed by atoms with van der Waals surface area (Å²) in [5.41, 5.74) is 1.85. The number of ether oxygens (including phenoxy) is 2. The Balaban J connectivity index is 0.000000801. The molecule has 0 spiro atoms. The second kappa shape index (κ2) is 15.4. The Kier molecular flexibility index (Phi) is 12.9. The molecule has 0 bridgehead atoms. The molecule has 0 fully saturated rings. The van der Waals surface area contributed by atoms with E-state index in [0.717, 1.165) is 42.9 Å². The minimum absolute atomic E-state index is 0.212. The Morgan fingerprint density at radius 2 is 1.36 bits per heavy atom. The van der Waals surface area contributed by atoms with E-state index in [9.17, 15) is 4.79 Å². The van der Waals surface area contributed by atoms with Crippen LogP contribution in [0.25, 0.3) is 0 Å². The summed E-state index contributed by atoms with van der Waals surface area (Å²) >= 11 is 0. The third-order valence-corrected chi connectivity index (χ3v) is 4.77. The number of rotatable bonds is 11. The molecule has 2 aromatic rings. The summed E-state index contributed by atoms with van der Waals surface area (Å²) in [6, 6.07) is 17.5. The molecule has 0 heterocycles. The Bertz CT molecular complexity index is 837. The number of nitrogens with zero attached hydrogens (tertiary/aromatic N) is 1. The summed E-state index contributed by atoms with van der Waals surface area (Å²) in [6.45, 7) is 10.1. The van der Waals surface area contributed by atoms with Crippen LogP contribution in [0.5, 0.6) is 5.75 Å². The summed E-state index contributed by atoms with van der Waals surface area (Å²) in [5.74, 6) is -4.19. The number of hydrogen-bond donors (Lipinski definition) is 0. The van der Waals surface area contributed by atoms with E-state index in [-0.39, 0.29) is 5.97 Å². The Labute approximate surface area is 194 Å². The normalized spacial score (nSPS) is 11.2. The first-order valence-corrected chi connectivity index (χ1v) is 10.9. The quantitative estimate of drug-likeness (QED) is 0.362. The molecule has 0 aliphatic carbocycles. The van der Waals surface area contributed by atoms with Gasteiger partial charge in [0.15, 0.2) is 0 Å². The monoisotopic (exact) mass is 457 g/mol. The lowest BCUT2D eigenvalue weighted by molar-refractivity contribution is -0.345. The van der Waals surface area contributed by atoms with Gasteiger partial charge in [-0.2, -0.15) is 0 Å². The molecule has 0 saturated carbocycles. The lowest BCUT2D eigenvalue weighted by Crippen LogP contribution is -2.42. The Morgan fingerprint density at radius 1 is 0.818 bits per heavy atom. The van der Waals surface area contributed by atoms with Gasteiger partial charge in [-0.3, -0.25) is 4.79 Å². The van der Waals surface area contributed by atoms with Crippen molar-refractivity contribution in [2.45, 2.75) is 33.1 Å². The number of carboxylic acids is 2. The van der Waals surface area contributed by atoms with E-state index in [1.807, 2.05) is 54.6 Å². The Hall–Kier alpha value is -3.39. The largest absolute Gasteiger partial charge is 0.543 e. The second-order valence-electron chi connectivity index (χ2n) is 7.03. The molecule has 180 valence electrons. The van der Waals surface area contributed by atoms with E-state index < -0.39 is 17.9 Å². The SMILES string of the molecule is CCCOc1ccc(C(C(=O)OCCN(CC)CC)c2ccccc2)cc1.O=C([O-])C(=O)[O-]. The van der Waals surface area contributed by atoms with Crippen molar-refractivity contribution in [3.05, 3.63) is 65.7 Å². The van der Waals surface area contributed by atoms with Crippen LogP contribution in [0.1, 0.15) is 44.2 Å². The predicted molar refractivity (Wildman–Crippen MR) is 119 cm³/mol. The molecular weight excluding hydrogens is 426 g/mol. The van der Waals surface area contributed by atoms with E-state index in [0.29, 0.717) is 13.2 Å². The van der Waals surface area contributed by atoms with Gasteiger partial charge in [0.25, 0.3) is 0 Å². The van der Waals surface area contributed by atoms with Crippen molar-refractivity contribution in [3.8, 4) is 5.75 Å². The lowest BCUT2D eigenvalue weighted by Gasteiger charge is -2.20. The number of esters is 1. The fraction of sp³-hybridized carbons (Fsp3) is 0.400. The first kappa shape index (κ1) is 27.6. The molecule has 1 atom stereocenters. The molecule has 33 heavy (non-hydrogen) atoms. The van der Waals surface area contributed by atoms with E-state index >= 15 is 0 Å². The van der Waals surface area contributed by atoms with Crippen LogP contribution in [0, 0.1) is 0 Å². The van der Waals surface area contributed by atoms with Gasteiger partial charge in [-0.15, -0.1) is 0 Å². The number of carbonyl (C=O) groups is 3. The van der Waals surface area contributed by atoms with E-state index in [1.54, 1.807) is 0 Å². The zero-order valence-electron chi connectivity index (χ0n) is 19.3. The molecule has 0 aliphatic heterocycles. The van der Waals surface area contributed by atoms with Crippen molar-refractivity contribution in [1.82, 2.24) is 4.90 Å². The Morgan fingerprint density at radius 3 is 1.85 bits per heavy atom. The van der Waals surface area contributed by atoms with Crippen LogP contribution >= 0.6 is 0 Å². The van der Waals surface area contributed by atoms with Crippen LogP contribution < -0.4 is 14.9 Å². The molecule has 0 amide bonds. The molecule has 8 heteroatoms. The van der Waals surface area contributed by atoms with E-state index in [2.05, 4.69) is 25.7 Å². The number of carboxylic acid groups (broad SMARTS) is 2. The first-order valence-electron chi connectivity index (χ1n) is 10.9. The van der Waals surface area contributed by atoms with Gasteiger partial charge in [0.1, 0.15) is 18.3 Å². The topological polar surface area (TPSA) is 119 Å². The third-order valence-electron chi connectivity index (χ3n) is 4.77. The minimum atomic E-state index is -2.19. The summed E-state index contributed by atoms with van der Waals surface area (Å²) in [4.78, 5) is 33.0. The highest BCUT2D eigenvalue weighted by molar-refractivity contribution is 6.25. The smallest absolute Gasteiger partial charge is 0.317 e. The average molecular weight is 458 g/mol. The van der Waals surface area contributed by atoms with Crippen LogP contribution in [0.4, 0.5) is 0 Å². The highest BCUT2D eigenvalue weighted by Gasteiger charge is 2.24. The highest BCUT2D eigenvalue weighted by Crippen LogP contribution is 2.27. The number of benzene rings is 2. The van der Waals surface area contributed by atoms with Gasteiger partial charge in [-0.05, 0) is 42.8 Å². The maximum atomic E-state index is 12.9. The molecule has 8 nitrogen and oxygen atoms in total.